The summed E-state index contributed by atoms with van der Waals surface area (Å²) < 4.78 is 0. The van der Waals surface area contributed by atoms with Gasteiger partial charge in [0.1, 0.15) is 17.8 Å². The average Bonchev–Trinajstić information content (AvgIpc) is 3.42. The van der Waals surface area contributed by atoms with Crippen molar-refractivity contribution in [2.24, 2.45) is 51.0 Å². The molecule has 1 heterocycles. The van der Waals surface area contributed by atoms with E-state index in [1.807, 2.05) is 13.8 Å². The molecule has 5 aliphatic rings. The summed E-state index contributed by atoms with van der Waals surface area (Å²) in [6, 6.07) is 2.15. The van der Waals surface area contributed by atoms with Gasteiger partial charge >= 0.3 is 5.97 Å². The van der Waals surface area contributed by atoms with E-state index in [2.05, 4.69) is 24.2 Å². The molecule has 1 aliphatic heterocycles. The number of fused-ring (bicyclic) bond motifs is 2. The van der Waals surface area contributed by atoms with Gasteiger partial charge in [-0.2, -0.15) is 5.26 Å². The van der Waals surface area contributed by atoms with Crippen LogP contribution in [0.15, 0.2) is 16.8 Å². The first kappa shape index (κ1) is 19.8. The summed E-state index contributed by atoms with van der Waals surface area (Å²) in [6.45, 7) is 6.33. The Labute approximate surface area is 177 Å². The number of hydrogen-bond acceptors (Lipinski definition) is 5. The zero-order valence-corrected chi connectivity index (χ0v) is 17.9. The Morgan fingerprint density at radius 2 is 2.20 bits per heavy atom. The third-order valence-electron chi connectivity index (χ3n) is 9.49. The minimum absolute atomic E-state index is 0.0165. The third-order valence-corrected chi connectivity index (χ3v) is 9.49. The Morgan fingerprint density at radius 1 is 1.43 bits per heavy atom. The molecule has 1 unspecified atom stereocenters. The zero-order chi connectivity index (χ0) is 21.5. The molecule has 0 spiro atoms. The number of carboxylic acids is 1. The predicted octanol–water partition coefficient (Wildman–Crippen LogP) is 3.97. The van der Waals surface area contributed by atoms with Gasteiger partial charge in [-0.05, 0) is 48.9 Å². The van der Waals surface area contributed by atoms with Crippen LogP contribution in [0.4, 0.5) is 0 Å². The van der Waals surface area contributed by atoms with Crippen LogP contribution in [0.25, 0.3) is 0 Å². The van der Waals surface area contributed by atoms with Crippen LogP contribution in [0.3, 0.4) is 0 Å². The first-order valence-electron chi connectivity index (χ1n) is 11.3. The van der Waals surface area contributed by atoms with E-state index in [1.165, 1.54) is 0 Å². The van der Waals surface area contributed by atoms with E-state index in [-0.39, 0.29) is 30.3 Å². The van der Waals surface area contributed by atoms with Gasteiger partial charge in [0.25, 0.3) is 0 Å². The van der Waals surface area contributed by atoms with E-state index < -0.39 is 22.2 Å². The lowest BCUT2D eigenvalue weighted by molar-refractivity contribution is -0.173. The van der Waals surface area contributed by atoms with E-state index in [4.69, 9.17) is 10.1 Å². The number of hydrogen-bond donors (Lipinski definition) is 1. The Balaban J connectivity index is 1.76. The standard InChI is InChI=1S/C24H30N2O4/c1-13(2)19-8-15-10-22(12-27)18-5-4-14(3)17(18)11-23(15,24(19,22)21(28)29)20-9-16(6-7-25)30-26-20/h8,12-18H,4-6,9-11H2,1-3H3,(H,28,29)/t14-,15+,16?,17-,18-,22+,23-,24+/m1/s1. The molecule has 5 rings (SSSR count). The van der Waals surface area contributed by atoms with Crippen molar-refractivity contribution in [3.05, 3.63) is 11.6 Å². The number of allylic oxidation sites excluding steroid dienone is 1. The molecule has 4 aliphatic carbocycles. The zero-order valence-electron chi connectivity index (χ0n) is 17.9. The van der Waals surface area contributed by atoms with Crippen molar-refractivity contribution in [3.63, 3.8) is 0 Å². The first-order chi connectivity index (χ1) is 14.3. The Bertz CT molecular complexity index is 917. The quantitative estimate of drug-likeness (QED) is 0.546. The van der Waals surface area contributed by atoms with Crippen molar-refractivity contribution in [2.75, 3.05) is 0 Å². The summed E-state index contributed by atoms with van der Waals surface area (Å²) in [4.78, 5) is 32.0. The summed E-state index contributed by atoms with van der Waals surface area (Å²) in [6.07, 6.45) is 6.91. The molecule has 4 bridgehead atoms. The van der Waals surface area contributed by atoms with Gasteiger partial charge in [0.05, 0.1) is 23.6 Å². The number of carbonyl (C=O) groups excluding carboxylic acids is 1. The summed E-state index contributed by atoms with van der Waals surface area (Å²) in [5.41, 5.74) is -1.17. The highest BCUT2D eigenvalue weighted by molar-refractivity contribution is 6.03. The van der Waals surface area contributed by atoms with Gasteiger partial charge in [0.2, 0.25) is 0 Å². The molecule has 0 aromatic rings. The number of carboxylic acid groups (broad SMARTS) is 1. The molecule has 0 saturated heterocycles. The van der Waals surface area contributed by atoms with Gasteiger partial charge < -0.3 is 14.7 Å². The second-order valence-corrected chi connectivity index (χ2v) is 10.6. The molecule has 0 aromatic heterocycles. The second kappa shape index (κ2) is 6.18. The van der Waals surface area contributed by atoms with Crippen molar-refractivity contribution in [3.8, 4) is 6.07 Å². The van der Waals surface area contributed by atoms with Crippen LogP contribution in [-0.4, -0.2) is 29.2 Å². The van der Waals surface area contributed by atoms with Gasteiger partial charge in [0.15, 0.2) is 0 Å². The molecule has 0 aromatic carbocycles. The second-order valence-electron chi connectivity index (χ2n) is 10.6. The van der Waals surface area contributed by atoms with E-state index in [9.17, 15) is 14.7 Å². The molecular weight excluding hydrogens is 380 g/mol. The fourth-order valence-corrected chi connectivity index (χ4v) is 8.62. The molecule has 30 heavy (non-hydrogen) atoms. The van der Waals surface area contributed by atoms with Crippen molar-refractivity contribution in [1.29, 1.82) is 5.26 Å². The molecule has 8 atom stereocenters. The molecule has 160 valence electrons. The lowest BCUT2D eigenvalue weighted by atomic mass is 9.41. The highest BCUT2D eigenvalue weighted by Gasteiger charge is 2.85. The summed E-state index contributed by atoms with van der Waals surface area (Å²) >= 11 is 0. The predicted molar refractivity (Wildman–Crippen MR) is 109 cm³/mol. The van der Waals surface area contributed by atoms with Crippen LogP contribution in [0.2, 0.25) is 0 Å². The lowest BCUT2D eigenvalue weighted by Crippen LogP contribution is -2.64. The molecule has 3 saturated carbocycles. The maximum Gasteiger partial charge on any atom is 0.315 e. The Morgan fingerprint density at radius 3 is 2.83 bits per heavy atom. The maximum atomic E-state index is 13.4. The Kier molecular flexibility index (Phi) is 4.08. The van der Waals surface area contributed by atoms with Crippen LogP contribution >= 0.6 is 0 Å². The van der Waals surface area contributed by atoms with Crippen molar-refractivity contribution in [1.82, 2.24) is 0 Å². The molecule has 0 amide bonds. The fraction of sp³-hybridized carbons (Fsp3) is 0.750. The minimum atomic E-state index is -1.25. The van der Waals surface area contributed by atoms with E-state index in [0.29, 0.717) is 24.7 Å². The van der Waals surface area contributed by atoms with Gasteiger partial charge in [-0.1, -0.05) is 44.0 Å². The van der Waals surface area contributed by atoms with Crippen LogP contribution in [0, 0.1) is 57.2 Å². The largest absolute Gasteiger partial charge is 0.481 e. The van der Waals surface area contributed by atoms with Gasteiger partial charge in [0, 0.05) is 11.8 Å². The normalized spacial score (nSPS) is 48.0. The topological polar surface area (TPSA) is 99.8 Å². The molecule has 6 heteroatoms. The highest BCUT2D eigenvalue weighted by atomic mass is 16.6. The van der Waals surface area contributed by atoms with Crippen LogP contribution in [0.5, 0.6) is 0 Å². The molecule has 0 radical (unpaired) electrons. The SMILES string of the molecule is CC(C)C1=C[C@H]2C[C@]3(C=O)[C@@H]4CC[C@@H](C)[C@H]4C[C@@]2(C2=NOC(CC#N)C2)[C@]13C(=O)O. The third kappa shape index (κ3) is 1.89. The summed E-state index contributed by atoms with van der Waals surface area (Å²) in [5.74, 6) is 0.0527. The van der Waals surface area contributed by atoms with Crippen LogP contribution < -0.4 is 0 Å². The average molecular weight is 411 g/mol. The first-order valence-corrected chi connectivity index (χ1v) is 11.3. The number of nitrogens with zero attached hydrogens (tertiary/aromatic N) is 2. The van der Waals surface area contributed by atoms with Gasteiger partial charge in [-0.3, -0.25) is 4.79 Å². The molecule has 6 nitrogen and oxygen atoms in total. The summed E-state index contributed by atoms with van der Waals surface area (Å²) in [7, 11) is 0. The van der Waals surface area contributed by atoms with Crippen LogP contribution in [-0.2, 0) is 14.4 Å². The lowest BCUT2D eigenvalue weighted by Gasteiger charge is -2.58. The minimum Gasteiger partial charge on any atom is -0.481 e. The Hall–Kier alpha value is -2.16. The summed E-state index contributed by atoms with van der Waals surface area (Å²) in [5, 5.41) is 24.5. The van der Waals surface area contributed by atoms with Crippen molar-refractivity contribution >= 4 is 18.0 Å². The van der Waals surface area contributed by atoms with Crippen LogP contribution in [0.1, 0.15) is 59.3 Å². The van der Waals surface area contributed by atoms with E-state index in [0.717, 1.165) is 36.8 Å². The van der Waals surface area contributed by atoms with E-state index in [1.54, 1.807) is 0 Å². The fourth-order valence-electron chi connectivity index (χ4n) is 8.62. The number of oxime groups is 1. The molecular formula is C24H30N2O4. The number of nitriles is 1. The van der Waals surface area contributed by atoms with Gasteiger partial charge in [-0.15, -0.1) is 0 Å². The number of carbonyl (C=O) groups is 2. The van der Waals surface area contributed by atoms with Gasteiger partial charge in [-0.25, -0.2) is 0 Å². The molecule has 3 fully saturated rings. The van der Waals surface area contributed by atoms with E-state index >= 15 is 0 Å². The van der Waals surface area contributed by atoms with Crippen molar-refractivity contribution < 1.29 is 19.5 Å². The molecule has 1 N–H and O–H groups in total. The number of aliphatic carboxylic acids is 1. The highest BCUT2D eigenvalue weighted by Crippen LogP contribution is 2.83. The maximum absolute atomic E-state index is 13.4. The smallest absolute Gasteiger partial charge is 0.315 e. The monoisotopic (exact) mass is 410 g/mol. The number of rotatable bonds is 5. The number of aldehydes is 1. The van der Waals surface area contributed by atoms with Crippen molar-refractivity contribution in [2.45, 2.75) is 65.4 Å².